The number of aromatic nitrogens is 4. The number of benzene rings is 1. The van der Waals surface area contributed by atoms with Gasteiger partial charge in [-0.15, -0.1) is 0 Å². The molecule has 0 aliphatic heterocycles. The third-order valence-electron chi connectivity index (χ3n) is 4.00. The molecule has 2 N–H and O–H groups in total. The summed E-state index contributed by atoms with van der Waals surface area (Å²) in [5, 5.41) is 10.3. The van der Waals surface area contributed by atoms with Gasteiger partial charge in [-0.1, -0.05) is 0 Å². The molecule has 1 aliphatic carbocycles. The van der Waals surface area contributed by atoms with E-state index in [1.54, 1.807) is 10.9 Å². The van der Waals surface area contributed by atoms with Gasteiger partial charge in [0.15, 0.2) is 5.82 Å². The number of nitrogens with one attached hydrogen (secondary N) is 2. The van der Waals surface area contributed by atoms with Crippen LogP contribution in [0.15, 0.2) is 55.1 Å². The molecular formula is C18H18N6O. The fraction of sp³-hybridized carbons (Fsp3) is 0.222. The van der Waals surface area contributed by atoms with Gasteiger partial charge in [-0.25, -0.2) is 14.6 Å². The van der Waals surface area contributed by atoms with Gasteiger partial charge in [0.25, 0.3) is 0 Å². The van der Waals surface area contributed by atoms with E-state index in [9.17, 15) is 4.79 Å². The van der Waals surface area contributed by atoms with Gasteiger partial charge in [-0.05, 0) is 49.1 Å². The van der Waals surface area contributed by atoms with E-state index in [0.717, 1.165) is 11.4 Å². The standard InChI is InChI=1S/C18H18N6O/c25-18(10-13-2-3-13)23-15-6-4-14(5-7-15)22-16-11-17(20-12-19-16)24-9-1-8-21-24/h1,4-9,11-13H,2-3,10H2,(H,23,25)(H,19,20,22). The molecule has 2 aromatic heterocycles. The van der Waals surface area contributed by atoms with E-state index in [-0.39, 0.29) is 5.91 Å². The van der Waals surface area contributed by atoms with Gasteiger partial charge in [0, 0.05) is 36.3 Å². The van der Waals surface area contributed by atoms with E-state index >= 15 is 0 Å². The van der Waals surface area contributed by atoms with Gasteiger partial charge >= 0.3 is 0 Å². The molecule has 0 unspecified atom stereocenters. The first-order chi connectivity index (χ1) is 12.3. The minimum Gasteiger partial charge on any atom is -0.340 e. The Labute approximate surface area is 145 Å². The zero-order valence-corrected chi connectivity index (χ0v) is 13.6. The number of anilines is 3. The summed E-state index contributed by atoms with van der Waals surface area (Å²) >= 11 is 0. The molecular weight excluding hydrogens is 316 g/mol. The lowest BCUT2D eigenvalue weighted by atomic mass is 10.2. The van der Waals surface area contributed by atoms with Crippen molar-refractivity contribution in [3.63, 3.8) is 0 Å². The number of rotatable bonds is 6. The second-order valence-corrected chi connectivity index (χ2v) is 6.11. The normalized spacial score (nSPS) is 13.4. The smallest absolute Gasteiger partial charge is 0.224 e. The van der Waals surface area contributed by atoms with Crippen LogP contribution in [-0.4, -0.2) is 25.7 Å². The number of carbonyl (C=O) groups is 1. The maximum Gasteiger partial charge on any atom is 0.224 e. The highest BCUT2D eigenvalue weighted by atomic mass is 16.1. The van der Waals surface area contributed by atoms with Crippen molar-refractivity contribution >= 4 is 23.1 Å². The van der Waals surface area contributed by atoms with Crippen LogP contribution < -0.4 is 10.6 Å². The highest BCUT2D eigenvalue weighted by Gasteiger charge is 2.24. The second kappa shape index (κ2) is 6.72. The van der Waals surface area contributed by atoms with Crippen molar-refractivity contribution in [2.75, 3.05) is 10.6 Å². The quantitative estimate of drug-likeness (QED) is 0.723. The molecule has 25 heavy (non-hydrogen) atoms. The molecule has 1 saturated carbocycles. The van der Waals surface area contributed by atoms with Gasteiger partial charge in [-0.3, -0.25) is 4.79 Å². The number of hydrogen-bond acceptors (Lipinski definition) is 5. The lowest BCUT2D eigenvalue weighted by molar-refractivity contribution is -0.116. The molecule has 0 spiro atoms. The Morgan fingerprint density at radius 3 is 2.68 bits per heavy atom. The highest BCUT2D eigenvalue weighted by Crippen LogP contribution is 2.32. The number of carbonyl (C=O) groups excluding carboxylic acids is 1. The van der Waals surface area contributed by atoms with Gasteiger partial charge in [0.05, 0.1) is 0 Å². The van der Waals surface area contributed by atoms with Crippen molar-refractivity contribution in [3.8, 4) is 5.82 Å². The third-order valence-corrected chi connectivity index (χ3v) is 4.00. The van der Waals surface area contributed by atoms with Gasteiger partial charge in [-0.2, -0.15) is 5.10 Å². The minimum absolute atomic E-state index is 0.0860. The van der Waals surface area contributed by atoms with Crippen LogP contribution >= 0.6 is 0 Å². The second-order valence-electron chi connectivity index (χ2n) is 6.11. The SMILES string of the molecule is O=C(CC1CC1)Nc1ccc(Nc2cc(-n3cccn3)ncn2)cc1. The Hall–Kier alpha value is -3.22. The maximum atomic E-state index is 11.8. The van der Waals surface area contributed by atoms with Crippen LogP contribution in [0, 0.1) is 5.92 Å². The largest absolute Gasteiger partial charge is 0.340 e. The first-order valence-electron chi connectivity index (χ1n) is 8.25. The van der Waals surface area contributed by atoms with Crippen molar-refractivity contribution < 1.29 is 4.79 Å². The maximum absolute atomic E-state index is 11.8. The summed E-state index contributed by atoms with van der Waals surface area (Å²) in [6.07, 6.45) is 7.99. The Morgan fingerprint density at radius 2 is 1.96 bits per heavy atom. The van der Waals surface area contributed by atoms with Crippen LogP contribution in [0.3, 0.4) is 0 Å². The van der Waals surface area contributed by atoms with Gasteiger partial charge in [0.2, 0.25) is 5.91 Å². The summed E-state index contributed by atoms with van der Waals surface area (Å²) in [6, 6.07) is 11.2. The van der Waals surface area contributed by atoms with E-state index in [0.29, 0.717) is 24.0 Å². The minimum atomic E-state index is 0.0860. The summed E-state index contributed by atoms with van der Waals surface area (Å²) < 4.78 is 1.67. The number of amides is 1. The number of hydrogen-bond donors (Lipinski definition) is 2. The fourth-order valence-electron chi connectivity index (χ4n) is 2.53. The monoisotopic (exact) mass is 334 g/mol. The first kappa shape index (κ1) is 15.3. The molecule has 126 valence electrons. The summed E-state index contributed by atoms with van der Waals surface area (Å²) in [7, 11) is 0. The van der Waals surface area contributed by atoms with E-state index in [1.807, 2.05) is 42.6 Å². The predicted molar refractivity (Wildman–Crippen MR) is 94.8 cm³/mol. The van der Waals surface area contributed by atoms with E-state index in [1.165, 1.54) is 19.2 Å². The Bertz CT molecular complexity index is 856. The van der Waals surface area contributed by atoms with E-state index < -0.39 is 0 Å². The van der Waals surface area contributed by atoms with Gasteiger partial charge < -0.3 is 10.6 Å². The average molecular weight is 334 g/mol. The van der Waals surface area contributed by atoms with Crippen LogP contribution in [-0.2, 0) is 4.79 Å². The molecule has 7 heteroatoms. The number of nitrogens with zero attached hydrogens (tertiary/aromatic N) is 4. The highest BCUT2D eigenvalue weighted by molar-refractivity contribution is 5.91. The molecule has 7 nitrogen and oxygen atoms in total. The Balaban J connectivity index is 1.40. The summed E-state index contributed by atoms with van der Waals surface area (Å²) in [6.45, 7) is 0. The van der Waals surface area contributed by atoms with Crippen molar-refractivity contribution in [3.05, 3.63) is 55.1 Å². The Kier molecular flexibility index (Phi) is 4.12. The van der Waals surface area contributed by atoms with Crippen molar-refractivity contribution in [1.29, 1.82) is 0 Å². The molecule has 1 amide bonds. The first-order valence-corrected chi connectivity index (χ1v) is 8.25. The topological polar surface area (TPSA) is 84.7 Å². The molecule has 4 rings (SSSR count). The molecule has 0 bridgehead atoms. The predicted octanol–water partition coefficient (Wildman–Crippen LogP) is 3.14. The molecule has 1 aliphatic rings. The molecule has 1 aromatic carbocycles. The fourth-order valence-corrected chi connectivity index (χ4v) is 2.53. The zero-order valence-electron chi connectivity index (χ0n) is 13.6. The van der Waals surface area contributed by atoms with Crippen LogP contribution in [0.5, 0.6) is 0 Å². The lowest BCUT2D eigenvalue weighted by Crippen LogP contribution is -2.11. The third kappa shape index (κ3) is 4.00. The van der Waals surface area contributed by atoms with E-state index in [4.69, 9.17) is 0 Å². The molecule has 0 radical (unpaired) electrons. The van der Waals surface area contributed by atoms with Crippen LogP contribution in [0.4, 0.5) is 17.2 Å². The summed E-state index contributed by atoms with van der Waals surface area (Å²) in [5.74, 6) is 2.03. The molecule has 0 saturated heterocycles. The summed E-state index contributed by atoms with van der Waals surface area (Å²) in [5.41, 5.74) is 1.68. The zero-order chi connectivity index (χ0) is 17.1. The van der Waals surface area contributed by atoms with Gasteiger partial charge in [0.1, 0.15) is 12.1 Å². The lowest BCUT2D eigenvalue weighted by Gasteiger charge is -2.09. The molecule has 3 aromatic rings. The van der Waals surface area contributed by atoms with Crippen molar-refractivity contribution in [1.82, 2.24) is 19.7 Å². The Morgan fingerprint density at radius 1 is 1.16 bits per heavy atom. The average Bonchev–Trinajstić information content (AvgIpc) is 3.25. The summed E-state index contributed by atoms with van der Waals surface area (Å²) in [4.78, 5) is 20.3. The molecule has 0 atom stereocenters. The van der Waals surface area contributed by atoms with Crippen LogP contribution in [0.25, 0.3) is 5.82 Å². The molecule has 1 fully saturated rings. The molecule has 2 heterocycles. The van der Waals surface area contributed by atoms with Crippen LogP contribution in [0.1, 0.15) is 19.3 Å². The van der Waals surface area contributed by atoms with Crippen molar-refractivity contribution in [2.24, 2.45) is 5.92 Å². The van der Waals surface area contributed by atoms with Crippen molar-refractivity contribution in [2.45, 2.75) is 19.3 Å². The van der Waals surface area contributed by atoms with E-state index in [2.05, 4.69) is 25.7 Å². The van der Waals surface area contributed by atoms with Crippen LogP contribution in [0.2, 0.25) is 0 Å².